The largest absolute Gasteiger partial charge is 0.378 e. The molecule has 1 N–H and O–H groups in total. The lowest BCUT2D eigenvalue weighted by atomic mass is 9.76. The predicted molar refractivity (Wildman–Crippen MR) is 80.8 cm³/mol. The summed E-state index contributed by atoms with van der Waals surface area (Å²) in [5.41, 5.74) is 2.59. The Balaban J connectivity index is 2.07. The van der Waals surface area contributed by atoms with E-state index in [0.29, 0.717) is 31.5 Å². The summed E-state index contributed by atoms with van der Waals surface area (Å²) in [6.45, 7) is 7.11. The van der Waals surface area contributed by atoms with E-state index in [4.69, 9.17) is 5.26 Å². The molecule has 0 saturated carbocycles. The summed E-state index contributed by atoms with van der Waals surface area (Å²) in [6.07, 6.45) is 0.341. The molecule has 112 valence electrons. The summed E-state index contributed by atoms with van der Waals surface area (Å²) < 4.78 is 0. The van der Waals surface area contributed by atoms with Gasteiger partial charge in [-0.15, -0.1) is 0 Å². The maximum absolute atomic E-state index is 12.5. The third-order valence-electron chi connectivity index (χ3n) is 4.73. The van der Waals surface area contributed by atoms with Crippen LogP contribution in [-0.4, -0.2) is 35.1 Å². The highest BCUT2D eigenvalue weighted by Gasteiger charge is 2.38. The van der Waals surface area contributed by atoms with Crippen LogP contribution in [0.2, 0.25) is 0 Å². The molecule has 0 spiro atoms. The van der Waals surface area contributed by atoms with E-state index in [1.165, 1.54) is 5.56 Å². The van der Waals surface area contributed by atoms with Crippen molar-refractivity contribution in [2.75, 3.05) is 13.1 Å². The van der Waals surface area contributed by atoms with E-state index in [2.05, 4.69) is 0 Å². The lowest BCUT2D eigenvalue weighted by Crippen LogP contribution is -2.46. The smallest absolute Gasteiger partial charge is 0.253 e. The Labute approximate surface area is 126 Å². The van der Waals surface area contributed by atoms with E-state index in [1.807, 2.05) is 49.9 Å². The van der Waals surface area contributed by atoms with Crippen molar-refractivity contribution in [1.29, 1.82) is 5.26 Å². The van der Waals surface area contributed by atoms with Crippen molar-refractivity contribution in [2.45, 2.75) is 39.7 Å². The zero-order valence-corrected chi connectivity index (χ0v) is 12.9. The maximum atomic E-state index is 12.5. The predicted octanol–water partition coefficient (Wildman–Crippen LogP) is 2.43. The first-order valence-corrected chi connectivity index (χ1v) is 7.31. The van der Waals surface area contributed by atoms with Crippen LogP contribution in [0.5, 0.6) is 0 Å². The highest BCUT2D eigenvalue weighted by atomic mass is 16.3. The lowest BCUT2D eigenvalue weighted by molar-refractivity contribution is 0.0193. The van der Waals surface area contributed by atoms with Gasteiger partial charge in [0.05, 0.1) is 6.07 Å². The first-order chi connectivity index (χ1) is 9.87. The van der Waals surface area contributed by atoms with Crippen molar-refractivity contribution in [3.05, 3.63) is 34.9 Å². The second-order valence-electron chi connectivity index (χ2n) is 6.28. The zero-order valence-electron chi connectivity index (χ0n) is 12.9. The number of aliphatic hydroxyl groups is 1. The van der Waals surface area contributed by atoms with Crippen LogP contribution in [0.25, 0.3) is 0 Å². The van der Waals surface area contributed by atoms with Gasteiger partial charge in [0, 0.05) is 24.1 Å². The number of piperidine rings is 1. The molecule has 1 saturated heterocycles. The summed E-state index contributed by atoms with van der Waals surface area (Å²) in [6, 6.07) is 7.67. The zero-order chi connectivity index (χ0) is 15.6. The maximum Gasteiger partial charge on any atom is 0.253 e. The van der Waals surface area contributed by atoms with Crippen LogP contribution in [-0.2, 0) is 0 Å². The van der Waals surface area contributed by atoms with E-state index in [-0.39, 0.29) is 5.91 Å². The summed E-state index contributed by atoms with van der Waals surface area (Å²) in [5.74, 6) is 0.0339. The minimum absolute atomic E-state index is 0.0339. The fourth-order valence-electron chi connectivity index (χ4n) is 2.71. The standard InChI is InChI=1S/C17H22N2O2/c1-12-4-5-14(10-13(12)2)16(21)19-8-6-17(3,7-9-19)15(20)11-18/h4-5,10,15,20H,6-9H2,1-3H3. The second-order valence-corrected chi connectivity index (χ2v) is 6.28. The van der Waals surface area contributed by atoms with Crippen LogP contribution in [0.3, 0.4) is 0 Å². The van der Waals surface area contributed by atoms with E-state index in [0.717, 1.165) is 5.56 Å². The molecular weight excluding hydrogens is 264 g/mol. The molecule has 2 rings (SSSR count). The van der Waals surface area contributed by atoms with Crippen molar-refractivity contribution < 1.29 is 9.90 Å². The Bertz CT molecular complexity index is 581. The fourth-order valence-corrected chi connectivity index (χ4v) is 2.71. The Hall–Kier alpha value is -1.86. The van der Waals surface area contributed by atoms with Gasteiger partial charge in [-0.2, -0.15) is 5.26 Å². The summed E-state index contributed by atoms with van der Waals surface area (Å²) >= 11 is 0. The van der Waals surface area contributed by atoms with Gasteiger partial charge < -0.3 is 10.0 Å². The minimum Gasteiger partial charge on any atom is -0.378 e. The third-order valence-corrected chi connectivity index (χ3v) is 4.73. The lowest BCUT2D eigenvalue weighted by Gasteiger charge is -2.40. The summed E-state index contributed by atoms with van der Waals surface area (Å²) in [5, 5.41) is 18.7. The molecule has 1 amide bonds. The number of hydrogen-bond donors (Lipinski definition) is 1. The molecule has 1 aromatic carbocycles. The molecule has 1 fully saturated rings. The Morgan fingerprint density at radius 3 is 2.48 bits per heavy atom. The Kier molecular flexibility index (Phi) is 4.34. The number of benzene rings is 1. The fraction of sp³-hybridized carbons (Fsp3) is 0.529. The number of nitrogens with zero attached hydrogens (tertiary/aromatic N) is 2. The summed E-state index contributed by atoms with van der Waals surface area (Å²) in [7, 11) is 0. The first kappa shape index (κ1) is 15.5. The molecule has 1 aliphatic rings. The number of hydrogen-bond acceptors (Lipinski definition) is 3. The molecule has 1 unspecified atom stereocenters. The van der Waals surface area contributed by atoms with Crippen molar-refractivity contribution >= 4 is 5.91 Å². The number of nitriles is 1. The molecule has 4 heteroatoms. The first-order valence-electron chi connectivity index (χ1n) is 7.31. The quantitative estimate of drug-likeness (QED) is 0.849. The van der Waals surface area contributed by atoms with Crippen molar-refractivity contribution in [1.82, 2.24) is 4.90 Å². The molecule has 0 bridgehead atoms. The third kappa shape index (κ3) is 3.08. The number of amides is 1. The molecule has 21 heavy (non-hydrogen) atoms. The number of aliphatic hydroxyl groups excluding tert-OH is 1. The molecule has 1 aromatic rings. The number of carbonyl (C=O) groups excluding carboxylic acids is 1. The molecule has 1 aliphatic heterocycles. The van der Waals surface area contributed by atoms with Crippen LogP contribution in [0.4, 0.5) is 0 Å². The topological polar surface area (TPSA) is 64.3 Å². The number of rotatable bonds is 2. The molecule has 1 atom stereocenters. The van der Waals surface area contributed by atoms with Gasteiger partial charge in [0.2, 0.25) is 0 Å². The highest BCUT2D eigenvalue weighted by molar-refractivity contribution is 5.94. The van der Waals surface area contributed by atoms with Gasteiger partial charge >= 0.3 is 0 Å². The monoisotopic (exact) mass is 286 g/mol. The average molecular weight is 286 g/mol. The molecule has 1 heterocycles. The Morgan fingerprint density at radius 2 is 1.95 bits per heavy atom. The van der Waals surface area contributed by atoms with Crippen molar-refractivity contribution in [3.8, 4) is 6.07 Å². The van der Waals surface area contributed by atoms with Crippen LogP contribution in [0.1, 0.15) is 41.3 Å². The molecular formula is C17H22N2O2. The van der Waals surface area contributed by atoms with Crippen molar-refractivity contribution in [3.63, 3.8) is 0 Å². The number of aryl methyl sites for hydroxylation is 2. The SMILES string of the molecule is Cc1ccc(C(=O)N2CCC(C)(C(O)C#N)CC2)cc1C. The van der Waals surface area contributed by atoms with E-state index in [9.17, 15) is 9.90 Å². The molecule has 0 radical (unpaired) electrons. The molecule has 4 nitrogen and oxygen atoms in total. The van der Waals surface area contributed by atoms with Gasteiger partial charge in [-0.25, -0.2) is 0 Å². The van der Waals surface area contributed by atoms with Gasteiger partial charge in [-0.05, 0) is 49.9 Å². The van der Waals surface area contributed by atoms with Gasteiger partial charge in [0.25, 0.3) is 5.91 Å². The average Bonchev–Trinajstić information content (AvgIpc) is 2.49. The summed E-state index contributed by atoms with van der Waals surface area (Å²) in [4.78, 5) is 14.3. The van der Waals surface area contributed by atoms with Crippen LogP contribution in [0.15, 0.2) is 18.2 Å². The van der Waals surface area contributed by atoms with Crippen molar-refractivity contribution in [2.24, 2.45) is 5.41 Å². The number of likely N-dealkylation sites (tertiary alicyclic amines) is 1. The van der Waals surface area contributed by atoms with Crippen LogP contribution < -0.4 is 0 Å². The van der Waals surface area contributed by atoms with E-state index in [1.54, 1.807) is 0 Å². The van der Waals surface area contributed by atoms with Gasteiger partial charge in [0.15, 0.2) is 0 Å². The van der Waals surface area contributed by atoms with E-state index < -0.39 is 11.5 Å². The minimum atomic E-state index is -0.962. The van der Waals surface area contributed by atoms with Crippen LogP contribution >= 0.6 is 0 Å². The Morgan fingerprint density at radius 1 is 1.33 bits per heavy atom. The van der Waals surface area contributed by atoms with Gasteiger partial charge in [0.1, 0.15) is 6.10 Å². The highest BCUT2D eigenvalue weighted by Crippen LogP contribution is 2.34. The normalized spacial score (nSPS) is 18.9. The molecule has 0 aliphatic carbocycles. The second kappa shape index (κ2) is 5.87. The van der Waals surface area contributed by atoms with Gasteiger partial charge in [-0.1, -0.05) is 13.0 Å². The number of carbonyl (C=O) groups is 1. The van der Waals surface area contributed by atoms with E-state index >= 15 is 0 Å². The van der Waals surface area contributed by atoms with Gasteiger partial charge in [-0.3, -0.25) is 4.79 Å². The molecule has 0 aromatic heterocycles. The van der Waals surface area contributed by atoms with Crippen LogP contribution in [0, 0.1) is 30.6 Å².